The third-order valence-corrected chi connectivity index (χ3v) is 9.97. The minimum atomic E-state index is 0.185. The van der Waals surface area contributed by atoms with Crippen molar-refractivity contribution < 1.29 is 0 Å². The Morgan fingerprint density at radius 1 is 1.03 bits per heavy atom. The maximum absolute atomic E-state index is 6.49. The first-order valence-electron chi connectivity index (χ1n) is 11.7. The maximum atomic E-state index is 6.49. The number of hydrogen-bond donors (Lipinski definition) is 2. The minimum absolute atomic E-state index is 0.185. The van der Waals surface area contributed by atoms with E-state index in [1.165, 1.54) is 68.3 Å². The normalized spacial score (nSPS) is 43.3. The molecule has 6 rings (SSSR count). The van der Waals surface area contributed by atoms with Crippen molar-refractivity contribution in [3.05, 3.63) is 35.9 Å². The van der Waals surface area contributed by atoms with Crippen LogP contribution in [0.5, 0.6) is 0 Å². The molecule has 5 saturated carbocycles. The summed E-state index contributed by atoms with van der Waals surface area (Å²) < 4.78 is 0. The van der Waals surface area contributed by atoms with Crippen LogP contribution in [0.2, 0.25) is 0 Å². The van der Waals surface area contributed by atoms with Gasteiger partial charge in [-0.3, -0.25) is 0 Å². The SMILES string of the molecule is NC[C@H]1CC[C@H](NC(=S)C23CC4CC(c5ccccc5)(CC(C2)C4CCl)C3)CC1. The van der Waals surface area contributed by atoms with E-state index in [9.17, 15) is 0 Å². The summed E-state index contributed by atoms with van der Waals surface area (Å²) in [6.45, 7) is 0.837. The smallest absolute Gasteiger partial charge is 0.0818 e. The summed E-state index contributed by atoms with van der Waals surface area (Å²) in [6, 6.07) is 11.8. The van der Waals surface area contributed by atoms with Gasteiger partial charge in [-0.15, -0.1) is 11.6 Å². The van der Waals surface area contributed by atoms with Crippen molar-refractivity contribution in [2.45, 2.75) is 69.2 Å². The van der Waals surface area contributed by atoms with Crippen LogP contribution in [0.3, 0.4) is 0 Å². The fourth-order valence-electron chi connectivity index (χ4n) is 7.77. The summed E-state index contributed by atoms with van der Waals surface area (Å²) in [5.41, 5.74) is 7.92. The molecule has 1 aromatic rings. The second-order valence-corrected chi connectivity index (χ2v) is 11.4. The van der Waals surface area contributed by atoms with Crippen molar-refractivity contribution in [2.24, 2.45) is 34.8 Å². The molecule has 0 saturated heterocycles. The Morgan fingerprint density at radius 3 is 2.28 bits per heavy atom. The molecule has 2 atom stereocenters. The van der Waals surface area contributed by atoms with Gasteiger partial charge in [0.25, 0.3) is 0 Å². The molecule has 0 amide bonds. The number of benzene rings is 1. The fourth-order valence-corrected chi connectivity index (χ4v) is 8.68. The van der Waals surface area contributed by atoms with Crippen LogP contribution in [-0.2, 0) is 5.41 Å². The highest BCUT2D eigenvalue weighted by atomic mass is 35.5. The van der Waals surface area contributed by atoms with E-state index in [1.807, 2.05) is 0 Å². The highest BCUT2D eigenvalue weighted by molar-refractivity contribution is 7.80. The van der Waals surface area contributed by atoms with Gasteiger partial charge in [-0.1, -0.05) is 42.5 Å². The van der Waals surface area contributed by atoms with Crippen LogP contribution in [0.1, 0.15) is 63.4 Å². The first-order chi connectivity index (χ1) is 14.1. The van der Waals surface area contributed by atoms with Crippen LogP contribution < -0.4 is 11.1 Å². The van der Waals surface area contributed by atoms with Gasteiger partial charge in [0.05, 0.1) is 4.99 Å². The van der Waals surface area contributed by atoms with Gasteiger partial charge in [0, 0.05) is 17.3 Å². The van der Waals surface area contributed by atoms with Gasteiger partial charge in [0.2, 0.25) is 0 Å². The molecule has 5 aliphatic rings. The molecule has 0 heterocycles. The lowest BCUT2D eigenvalue weighted by molar-refractivity contribution is -0.0737. The summed E-state index contributed by atoms with van der Waals surface area (Å²) in [5.74, 6) is 3.67. The fraction of sp³-hybridized carbons (Fsp3) is 0.720. The molecule has 29 heavy (non-hydrogen) atoms. The molecule has 5 aliphatic carbocycles. The lowest BCUT2D eigenvalue weighted by Gasteiger charge is -2.65. The standard InChI is InChI=1S/C25H35ClN2S/c26-14-22-18-10-24(20-4-2-1-3-5-20)11-19(22)13-25(12-18,16-24)23(29)28-21-8-6-17(15-27)7-9-21/h1-5,17-19,21-22H,6-16,27H2,(H,28,29)/t17-,18?,19?,21-,22?,24?,25?. The first-order valence-corrected chi connectivity index (χ1v) is 12.6. The number of alkyl halides is 1. The molecule has 3 N–H and O–H groups in total. The van der Waals surface area contributed by atoms with Crippen LogP contribution in [0.25, 0.3) is 0 Å². The Hall–Kier alpha value is -0.640. The topological polar surface area (TPSA) is 38.0 Å². The van der Waals surface area contributed by atoms with Crippen molar-refractivity contribution in [3.63, 3.8) is 0 Å². The molecule has 2 nitrogen and oxygen atoms in total. The van der Waals surface area contributed by atoms with Gasteiger partial charge < -0.3 is 11.1 Å². The largest absolute Gasteiger partial charge is 0.376 e. The molecule has 0 spiro atoms. The Labute approximate surface area is 186 Å². The van der Waals surface area contributed by atoms with Crippen molar-refractivity contribution >= 4 is 28.8 Å². The number of halogens is 1. The van der Waals surface area contributed by atoms with E-state index in [2.05, 4.69) is 35.6 Å². The van der Waals surface area contributed by atoms with Crippen LogP contribution >= 0.6 is 23.8 Å². The summed E-state index contributed by atoms with van der Waals surface area (Å²) in [5, 5.41) is 3.88. The van der Waals surface area contributed by atoms with Crippen molar-refractivity contribution in [2.75, 3.05) is 12.4 Å². The van der Waals surface area contributed by atoms with Crippen molar-refractivity contribution in [1.82, 2.24) is 5.32 Å². The first kappa shape index (κ1) is 20.3. The highest BCUT2D eigenvalue weighted by Crippen LogP contribution is 2.67. The van der Waals surface area contributed by atoms with E-state index in [0.717, 1.165) is 24.3 Å². The maximum Gasteiger partial charge on any atom is 0.0818 e. The van der Waals surface area contributed by atoms with Gasteiger partial charge in [-0.05, 0) is 99.0 Å². The van der Waals surface area contributed by atoms with E-state index in [-0.39, 0.29) is 5.41 Å². The summed E-state index contributed by atoms with van der Waals surface area (Å²) in [6.07, 6.45) is 11.3. The predicted octanol–water partition coefficient (Wildman–Crippen LogP) is 5.42. The molecule has 4 bridgehead atoms. The second-order valence-electron chi connectivity index (χ2n) is 10.7. The number of thiocarbonyl (C=S) groups is 1. The average Bonchev–Trinajstić information content (AvgIpc) is 2.74. The molecule has 1 aromatic carbocycles. The number of rotatable bonds is 5. The zero-order valence-electron chi connectivity index (χ0n) is 17.4. The van der Waals surface area contributed by atoms with Crippen LogP contribution in [-0.4, -0.2) is 23.5 Å². The van der Waals surface area contributed by atoms with Gasteiger partial charge in [0.15, 0.2) is 0 Å². The molecule has 4 heteroatoms. The molecular weight excluding hydrogens is 396 g/mol. The molecule has 0 aliphatic heterocycles. The zero-order chi connectivity index (χ0) is 20.1. The zero-order valence-corrected chi connectivity index (χ0v) is 19.0. The molecule has 0 radical (unpaired) electrons. The highest BCUT2D eigenvalue weighted by Gasteiger charge is 2.62. The Bertz CT molecular complexity index is 726. The Balaban J connectivity index is 1.39. The van der Waals surface area contributed by atoms with E-state index in [4.69, 9.17) is 29.6 Å². The number of hydrogen-bond acceptors (Lipinski definition) is 2. The third-order valence-electron chi connectivity index (χ3n) is 9.06. The van der Waals surface area contributed by atoms with Crippen LogP contribution in [0, 0.1) is 29.1 Å². The van der Waals surface area contributed by atoms with E-state index < -0.39 is 0 Å². The van der Waals surface area contributed by atoms with E-state index >= 15 is 0 Å². The van der Waals surface area contributed by atoms with Gasteiger partial charge in [-0.25, -0.2) is 0 Å². The lowest BCUT2D eigenvalue weighted by atomic mass is 9.40. The number of nitrogens with two attached hydrogens (primary N) is 1. The summed E-state index contributed by atoms with van der Waals surface area (Å²) in [4.78, 5) is 1.18. The van der Waals surface area contributed by atoms with Crippen LogP contribution in [0.4, 0.5) is 0 Å². The molecular formula is C25H35ClN2S. The Kier molecular flexibility index (Phi) is 5.45. The minimum Gasteiger partial charge on any atom is -0.376 e. The monoisotopic (exact) mass is 430 g/mol. The summed E-state index contributed by atoms with van der Waals surface area (Å²) in [7, 11) is 0. The van der Waals surface area contributed by atoms with Crippen LogP contribution in [0.15, 0.2) is 30.3 Å². The van der Waals surface area contributed by atoms with Crippen molar-refractivity contribution in [3.8, 4) is 0 Å². The average molecular weight is 431 g/mol. The van der Waals surface area contributed by atoms with E-state index in [1.54, 1.807) is 0 Å². The Morgan fingerprint density at radius 2 is 1.69 bits per heavy atom. The quantitative estimate of drug-likeness (QED) is 0.483. The third kappa shape index (κ3) is 3.46. The van der Waals surface area contributed by atoms with Crippen molar-refractivity contribution in [1.29, 1.82) is 0 Å². The second kappa shape index (κ2) is 7.80. The molecule has 2 unspecified atom stereocenters. The number of nitrogens with one attached hydrogen (secondary N) is 1. The molecule has 158 valence electrons. The van der Waals surface area contributed by atoms with Gasteiger partial charge in [0.1, 0.15) is 0 Å². The van der Waals surface area contributed by atoms with Gasteiger partial charge in [-0.2, -0.15) is 0 Å². The molecule has 5 fully saturated rings. The van der Waals surface area contributed by atoms with E-state index in [0.29, 0.717) is 23.3 Å². The predicted molar refractivity (Wildman–Crippen MR) is 125 cm³/mol. The lowest BCUT2D eigenvalue weighted by Crippen LogP contribution is -2.62. The molecule has 0 aromatic heterocycles. The van der Waals surface area contributed by atoms with Gasteiger partial charge >= 0.3 is 0 Å². The summed E-state index contributed by atoms with van der Waals surface area (Å²) >= 11 is 12.7.